The van der Waals surface area contributed by atoms with Crippen LogP contribution in [0.1, 0.15) is 26.6 Å². The van der Waals surface area contributed by atoms with E-state index >= 15 is 0 Å². The number of anilines is 1. The average Bonchev–Trinajstić information content (AvgIpc) is 2.94. The monoisotopic (exact) mass is 385 g/mol. The number of rotatable bonds is 4. The van der Waals surface area contributed by atoms with Crippen molar-refractivity contribution in [3.8, 4) is 0 Å². The van der Waals surface area contributed by atoms with Crippen LogP contribution in [-0.2, 0) is 16.1 Å². The molecular formula is C14H16BrN3O3S. The van der Waals surface area contributed by atoms with Crippen molar-refractivity contribution in [2.45, 2.75) is 27.3 Å². The third-order valence-corrected chi connectivity index (χ3v) is 5.21. The molecule has 0 unspecified atom stereocenters. The highest BCUT2D eigenvalue weighted by atomic mass is 79.9. The highest BCUT2D eigenvalue weighted by molar-refractivity contribution is 9.10. The van der Waals surface area contributed by atoms with E-state index in [4.69, 9.17) is 4.74 Å². The first-order valence-electron chi connectivity index (χ1n) is 6.51. The van der Waals surface area contributed by atoms with Gasteiger partial charge in [0.1, 0.15) is 11.5 Å². The highest BCUT2D eigenvalue weighted by Crippen LogP contribution is 2.28. The number of esters is 1. The number of amides is 1. The van der Waals surface area contributed by atoms with E-state index < -0.39 is 5.97 Å². The zero-order chi connectivity index (χ0) is 16.4. The lowest BCUT2D eigenvalue weighted by Gasteiger charge is -2.07. The molecule has 0 saturated carbocycles. The third-order valence-electron chi connectivity index (χ3n) is 3.10. The molecule has 6 nitrogen and oxygen atoms in total. The maximum absolute atomic E-state index is 12.2. The molecular weight excluding hydrogens is 370 g/mol. The zero-order valence-electron chi connectivity index (χ0n) is 12.7. The minimum absolute atomic E-state index is 0.0792. The van der Waals surface area contributed by atoms with E-state index in [0.29, 0.717) is 10.6 Å². The van der Waals surface area contributed by atoms with Crippen LogP contribution in [-0.4, -0.2) is 28.8 Å². The first kappa shape index (κ1) is 16.7. The molecule has 1 amide bonds. The van der Waals surface area contributed by atoms with Crippen molar-refractivity contribution in [1.82, 2.24) is 9.78 Å². The molecule has 0 saturated heterocycles. The van der Waals surface area contributed by atoms with Crippen LogP contribution in [0.4, 0.5) is 5.00 Å². The Labute approximate surface area is 140 Å². The lowest BCUT2D eigenvalue weighted by molar-refractivity contribution is -0.116. The Morgan fingerprint density at radius 2 is 2.09 bits per heavy atom. The van der Waals surface area contributed by atoms with Crippen molar-refractivity contribution in [2.24, 2.45) is 0 Å². The smallest absolute Gasteiger partial charge is 0.340 e. The van der Waals surface area contributed by atoms with E-state index in [1.165, 1.54) is 18.4 Å². The molecule has 118 valence electrons. The summed E-state index contributed by atoms with van der Waals surface area (Å²) in [5, 5.41) is 7.54. The summed E-state index contributed by atoms with van der Waals surface area (Å²) in [6, 6.07) is 1.70. The molecule has 0 bridgehead atoms. The molecule has 0 radical (unpaired) electrons. The van der Waals surface area contributed by atoms with Crippen LogP contribution in [0.3, 0.4) is 0 Å². The van der Waals surface area contributed by atoms with Crippen LogP contribution in [0.2, 0.25) is 0 Å². The van der Waals surface area contributed by atoms with Crippen molar-refractivity contribution in [2.75, 3.05) is 12.4 Å². The van der Waals surface area contributed by atoms with Crippen LogP contribution >= 0.6 is 27.3 Å². The van der Waals surface area contributed by atoms with Gasteiger partial charge in [-0.15, -0.1) is 11.3 Å². The molecule has 0 atom stereocenters. The number of carbonyl (C=O) groups is 2. The molecule has 0 aliphatic rings. The van der Waals surface area contributed by atoms with Crippen LogP contribution < -0.4 is 5.32 Å². The second kappa shape index (κ2) is 6.62. The lowest BCUT2D eigenvalue weighted by Crippen LogP contribution is -2.21. The van der Waals surface area contributed by atoms with Crippen molar-refractivity contribution >= 4 is 44.1 Å². The lowest BCUT2D eigenvalue weighted by atomic mass is 10.3. The quantitative estimate of drug-likeness (QED) is 0.820. The molecule has 2 rings (SSSR count). The molecule has 0 spiro atoms. The molecule has 0 aromatic carbocycles. The largest absolute Gasteiger partial charge is 0.465 e. The standard InChI is InChI=1S/C14H16BrN3O3S/c1-7-5-10(14(20)21-4)13(22-7)16-11(19)6-18-9(3)12(15)8(2)17-18/h5H,6H2,1-4H3,(H,16,19). The van der Waals surface area contributed by atoms with Gasteiger partial charge in [0.15, 0.2) is 0 Å². The van der Waals surface area contributed by atoms with Crippen LogP contribution in [0, 0.1) is 20.8 Å². The predicted octanol–water partition coefficient (Wildman–Crippen LogP) is 3.06. The second-order valence-corrected chi connectivity index (χ2v) is 6.83. The van der Waals surface area contributed by atoms with Crippen molar-refractivity contribution in [1.29, 1.82) is 0 Å². The van der Waals surface area contributed by atoms with Gasteiger partial charge >= 0.3 is 5.97 Å². The first-order chi connectivity index (χ1) is 10.3. The Hall–Kier alpha value is -1.67. The fourth-order valence-corrected chi connectivity index (χ4v) is 3.20. The van der Waals surface area contributed by atoms with Crippen molar-refractivity contribution < 1.29 is 14.3 Å². The summed E-state index contributed by atoms with van der Waals surface area (Å²) in [5.74, 6) is -0.710. The number of aryl methyl sites for hydroxylation is 2. The van der Waals surface area contributed by atoms with Gasteiger partial charge in [-0.1, -0.05) is 0 Å². The molecule has 0 fully saturated rings. The van der Waals surface area contributed by atoms with Gasteiger partial charge in [0.05, 0.1) is 28.5 Å². The molecule has 2 aromatic rings. The van der Waals surface area contributed by atoms with Crippen LogP contribution in [0.5, 0.6) is 0 Å². The van der Waals surface area contributed by atoms with Gasteiger partial charge in [-0.3, -0.25) is 9.48 Å². The van der Waals surface area contributed by atoms with Gasteiger partial charge < -0.3 is 10.1 Å². The average molecular weight is 386 g/mol. The normalized spacial score (nSPS) is 10.6. The van der Waals surface area contributed by atoms with E-state index in [1.807, 2.05) is 20.8 Å². The van der Waals surface area contributed by atoms with Crippen LogP contribution in [0.25, 0.3) is 0 Å². The maximum atomic E-state index is 12.2. The number of nitrogens with zero attached hydrogens (tertiary/aromatic N) is 2. The summed E-state index contributed by atoms with van der Waals surface area (Å²) in [4.78, 5) is 24.8. The molecule has 0 aliphatic carbocycles. The number of thiophene rings is 1. The Balaban J connectivity index is 2.16. The van der Waals surface area contributed by atoms with E-state index in [1.54, 1.807) is 10.7 Å². The molecule has 8 heteroatoms. The predicted molar refractivity (Wildman–Crippen MR) is 88.4 cm³/mol. The number of methoxy groups -OCH3 is 1. The van der Waals surface area contributed by atoms with Gasteiger partial charge in [0, 0.05) is 4.88 Å². The zero-order valence-corrected chi connectivity index (χ0v) is 15.1. The number of hydrogen-bond donors (Lipinski definition) is 1. The Morgan fingerprint density at radius 3 is 2.64 bits per heavy atom. The molecule has 2 heterocycles. The highest BCUT2D eigenvalue weighted by Gasteiger charge is 2.18. The number of nitrogens with one attached hydrogen (secondary N) is 1. The van der Waals surface area contributed by atoms with E-state index in [2.05, 4.69) is 26.3 Å². The van der Waals surface area contributed by atoms with Gasteiger partial charge in [0.2, 0.25) is 5.91 Å². The summed E-state index contributed by atoms with van der Waals surface area (Å²) in [6.07, 6.45) is 0. The fraction of sp³-hybridized carbons (Fsp3) is 0.357. The summed E-state index contributed by atoms with van der Waals surface area (Å²) in [6.45, 7) is 5.69. The molecule has 0 aliphatic heterocycles. The topological polar surface area (TPSA) is 73.2 Å². The number of ether oxygens (including phenoxy) is 1. The first-order valence-corrected chi connectivity index (χ1v) is 8.12. The maximum Gasteiger partial charge on any atom is 0.340 e. The number of halogens is 1. The second-order valence-electron chi connectivity index (χ2n) is 4.78. The summed E-state index contributed by atoms with van der Waals surface area (Å²) in [5.41, 5.74) is 2.07. The summed E-state index contributed by atoms with van der Waals surface area (Å²) in [7, 11) is 1.31. The van der Waals surface area contributed by atoms with E-state index in [9.17, 15) is 9.59 Å². The third kappa shape index (κ3) is 3.38. The summed E-state index contributed by atoms with van der Waals surface area (Å²) >= 11 is 4.76. The van der Waals surface area contributed by atoms with E-state index in [-0.39, 0.29) is 12.5 Å². The number of aromatic nitrogens is 2. The molecule has 1 N–H and O–H groups in total. The van der Waals surface area contributed by atoms with Gasteiger partial charge in [0.25, 0.3) is 0 Å². The fourth-order valence-electron chi connectivity index (χ4n) is 2.00. The van der Waals surface area contributed by atoms with Crippen molar-refractivity contribution in [3.05, 3.63) is 32.4 Å². The Bertz CT molecular complexity index is 736. The minimum atomic E-state index is -0.464. The van der Waals surface area contributed by atoms with Gasteiger partial charge in [-0.2, -0.15) is 5.10 Å². The Morgan fingerprint density at radius 1 is 1.41 bits per heavy atom. The van der Waals surface area contributed by atoms with Gasteiger partial charge in [-0.25, -0.2) is 4.79 Å². The Kier molecular flexibility index (Phi) is 5.02. The molecule has 22 heavy (non-hydrogen) atoms. The number of hydrogen-bond acceptors (Lipinski definition) is 5. The number of carbonyl (C=O) groups excluding carboxylic acids is 2. The minimum Gasteiger partial charge on any atom is -0.465 e. The van der Waals surface area contributed by atoms with Gasteiger partial charge in [-0.05, 0) is 42.8 Å². The van der Waals surface area contributed by atoms with E-state index in [0.717, 1.165) is 20.7 Å². The van der Waals surface area contributed by atoms with Crippen molar-refractivity contribution in [3.63, 3.8) is 0 Å². The SMILES string of the molecule is COC(=O)c1cc(C)sc1NC(=O)Cn1nc(C)c(Br)c1C. The summed E-state index contributed by atoms with van der Waals surface area (Å²) < 4.78 is 7.23. The molecule has 2 aromatic heterocycles. The van der Waals surface area contributed by atoms with Crippen LogP contribution in [0.15, 0.2) is 10.5 Å².